The highest BCUT2D eigenvalue weighted by Crippen LogP contribution is 2.66. The van der Waals surface area contributed by atoms with Crippen LogP contribution < -0.4 is 4.90 Å². The number of hydrogen-bond acceptors (Lipinski definition) is 5. The number of para-hydroxylation sites is 1. The van der Waals surface area contributed by atoms with Gasteiger partial charge in [-0.25, -0.2) is 0 Å². The SMILES string of the molecule is CC1CC(OC(=O)CCN(CCC(=O)OC2CC3CC[C@]2(C)C3(C)C)c2ccccc2)C(C)(C)C1(C)C. The first-order valence-electron chi connectivity index (χ1n) is 14.4. The van der Waals surface area contributed by atoms with Crippen molar-refractivity contribution < 1.29 is 19.1 Å². The Morgan fingerprint density at radius 2 is 1.38 bits per heavy atom. The van der Waals surface area contributed by atoms with E-state index in [-0.39, 0.29) is 45.8 Å². The van der Waals surface area contributed by atoms with Crippen molar-refractivity contribution in [1.82, 2.24) is 0 Å². The molecule has 0 spiro atoms. The van der Waals surface area contributed by atoms with Gasteiger partial charge in [0.1, 0.15) is 12.2 Å². The van der Waals surface area contributed by atoms with Gasteiger partial charge in [-0.3, -0.25) is 9.59 Å². The van der Waals surface area contributed by atoms with Crippen LogP contribution in [0.4, 0.5) is 5.69 Å². The van der Waals surface area contributed by atoms with Crippen LogP contribution >= 0.6 is 0 Å². The van der Waals surface area contributed by atoms with Crippen molar-refractivity contribution in [1.29, 1.82) is 0 Å². The smallest absolute Gasteiger partial charge is 0.307 e. The topological polar surface area (TPSA) is 55.8 Å². The van der Waals surface area contributed by atoms with Gasteiger partial charge in [0.05, 0.1) is 12.8 Å². The Bertz CT molecular complexity index is 960. The van der Waals surface area contributed by atoms with E-state index in [9.17, 15) is 9.59 Å². The summed E-state index contributed by atoms with van der Waals surface area (Å²) in [7, 11) is 0. The second-order valence-corrected chi connectivity index (χ2v) is 14.0. The molecule has 4 rings (SSSR count). The lowest BCUT2D eigenvalue weighted by atomic mass is 9.67. The monoisotopic (exact) mass is 511 g/mol. The van der Waals surface area contributed by atoms with E-state index in [0.717, 1.165) is 24.9 Å². The molecular formula is C32H49NO4. The Morgan fingerprint density at radius 3 is 1.84 bits per heavy atom. The van der Waals surface area contributed by atoms with Gasteiger partial charge in [0, 0.05) is 29.6 Å². The van der Waals surface area contributed by atoms with Crippen molar-refractivity contribution in [3.8, 4) is 0 Å². The van der Waals surface area contributed by atoms with E-state index in [4.69, 9.17) is 9.47 Å². The maximum Gasteiger partial charge on any atom is 0.307 e. The second kappa shape index (κ2) is 9.93. The Hall–Kier alpha value is -2.04. The molecule has 0 heterocycles. The average molecular weight is 512 g/mol. The lowest BCUT2D eigenvalue weighted by Gasteiger charge is -2.40. The van der Waals surface area contributed by atoms with Crippen LogP contribution in [-0.2, 0) is 19.1 Å². The first-order valence-corrected chi connectivity index (χ1v) is 14.4. The number of ether oxygens (including phenoxy) is 2. The summed E-state index contributed by atoms with van der Waals surface area (Å²) in [6, 6.07) is 10.0. The lowest BCUT2D eigenvalue weighted by molar-refractivity contribution is -0.156. The molecule has 5 atom stereocenters. The van der Waals surface area contributed by atoms with Crippen molar-refractivity contribution in [3.63, 3.8) is 0 Å². The molecule has 1 aromatic rings. The Kier molecular flexibility index (Phi) is 7.51. The van der Waals surface area contributed by atoms with Crippen LogP contribution in [0.3, 0.4) is 0 Å². The third kappa shape index (κ3) is 4.92. The molecule has 206 valence electrons. The molecule has 0 aromatic heterocycles. The summed E-state index contributed by atoms with van der Waals surface area (Å²) in [5.74, 6) is 0.834. The van der Waals surface area contributed by atoms with E-state index in [1.807, 2.05) is 30.3 Å². The number of hydrogen-bond donors (Lipinski definition) is 0. The average Bonchev–Trinajstić information content (AvgIpc) is 3.23. The second-order valence-electron chi connectivity index (χ2n) is 14.0. The highest BCUT2D eigenvalue weighted by molar-refractivity contribution is 5.72. The van der Waals surface area contributed by atoms with Crippen LogP contribution in [0.5, 0.6) is 0 Å². The van der Waals surface area contributed by atoms with Crippen LogP contribution in [0.15, 0.2) is 30.3 Å². The molecule has 0 saturated heterocycles. The predicted octanol–water partition coefficient (Wildman–Crippen LogP) is 7.04. The van der Waals surface area contributed by atoms with Gasteiger partial charge in [-0.15, -0.1) is 0 Å². The molecule has 4 unspecified atom stereocenters. The van der Waals surface area contributed by atoms with Crippen molar-refractivity contribution in [3.05, 3.63) is 30.3 Å². The molecule has 3 aliphatic rings. The fraction of sp³-hybridized carbons (Fsp3) is 0.750. The number of carbonyl (C=O) groups is 2. The summed E-state index contributed by atoms with van der Waals surface area (Å²) in [4.78, 5) is 28.0. The molecule has 3 aliphatic carbocycles. The molecule has 1 aromatic carbocycles. The van der Waals surface area contributed by atoms with Gasteiger partial charge in [0.15, 0.2) is 0 Å². The minimum absolute atomic E-state index is 0.00955. The summed E-state index contributed by atoms with van der Waals surface area (Å²) in [5.41, 5.74) is 1.33. The van der Waals surface area contributed by atoms with Gasteiger partial charge in [-0.2, -0.15) is 0 Å². The number of esters is 2. The van der Waals surface area contributed by atoms with Crippen molar-refractivity contribution in [2.45, 2.75) is 106 Å². The molecule has 3 saturated carbocycles. The molecular weight excluding hydrogens is 462 g/mol. The van der Waals surface area contributed by atoms with Gasteiger partial charge in [-0.1, -0.05) is 73.6 Å². The van der Waals surface area contributed by atoms with Gasteiger partial charge < -0.3 is 14.4 Å². The van der Waals surface area contributed by atoms with Crippen molar-refractivity contribution in [2.75, 3.05) is 18.0 Å². The number of nitrogens with zero attached hydrogens (tertiary/aromatic N) is 1. The minimum atomic E-state index is -0.163. The molecule has 0 N–H and O–H groups in total. The quantitative estimate of drug-likeness (QED) is 0.333. The van der Waals surface area contributed by atoms with Gasteiger partial charge in [0.2, 0.25) is 0 Å². The maximum atomic E-state index is 13.0. The predicted molar refractivity (Wildman–Crippen MR) is 148 cm³/mol. The third-order valence-corrected chi connectivity index (χ3v) is 11.8. The lowest BCUT2D eigenvalue weighted by Crippen LogP contribution is -2.39. The molecule has 3 fully saturated rings. The molecule has 5 nitrogen and oxygen atoms in total. The molecule has 5 heteroatoms. The Labute approximate surface area is 224 Å². The molecule has 0 amide bonds. The van der Waals surface area contributed by atoms with Crippen LogP contribution in [0, 0.1) is 33.5 Å². The fourth-order valence-corrected chi connectivity index (χ4v) is 7.36. The van der Waals surface area contributed by atoms with Crippen LogP contribution in [0.1, 0.15) is 93.9 Å². The van der Waals surface area contributed by atoms with E-state index in [0.29, 0.717) is 37.8 Å². The zero-order valence-electron chi connectivity index (χ0n) is 24.4. The third-order valence-electron chi connectivity index (χ3n) is 11.8. The summed E-state index contributed by atoms with van der Waals surface area (Å²) in [6.07, 6.45) is 4.80. The number of anilines is 1. The van der Waals surface area contributed by atoms with Crippen LogP contribution in [-0.4, -0.2) is 37.2 Å². The fourth-order valence-electron chi connectivity index (χ4n) is 7.36. The van der Waals surface area contributed by atoms with Gasteiger partial charge in [-0.05, 0) is 60.5 Å². The highest BCUT2D eigenvalue weighted by Gasteiger charge is 2.62. The number of fused-ring (bicyclic) bond motifs is 2. The molecule has 2 bridgehead atoms. The van der Waals surface area contributed by atoms with E-state index in [1.54, 1.807) is 0 Å². The standard InChI is InChI=1S/C32H49NO4/c1-22-20-25(31(6,7)29(22,2)3)36-27(34)15-18-33(24-12-10-9-11-13-24)19-16-28(35)37-26-21-23-14-17-32(26,8)30(23,4)5/h9-13,22-23,25-26H,14-21H2,1-8H3/t22?,23?,25?,26?,32-/m0/s1. The maximum absolute atomic E-state index is 13.0. The van der Waals surface area contributed by atoms with Gasteiger partial charge in [0.25, 0.3) is 0 Å². The highest BCUT2D eigenvalue weighted by atomic mass is 16.5. The van der Waals surface area contributed by atoms with E-state index in [2.05, 4.69) is 60.3 Å². The summed E-state index contributed by atoms with van der Waals surface area (Å²) < 4.78 is 12.1. The Balaban J connectivity index is 1.33. The largest absolute Gasteiger partial charge is 0.462 e. The number of carbonyl (C=O) groups excluding carboxylic acids is 2. The van der Waals surface area contributed by atoms with Crippen LogP contribution in [0.2, 0.25) is 0 Å². The Morgan fingerprint density at radius 1 is 0.811 bits per heavy atom. The summed E-state index contributed by atoms with van der Waals surface area (Å²) in [5, 5.41) is 0. The van der Waals surface area contributed by atoms with E-state index < -0.39 is 0 Å². The molecule has 0 radical (unpaired) electrons. The number of benzene rings is 1. The first kappa shape index (κ1) is 28.0. The zero-order valence-corrected chi connectivity index (χ0v) is 24.4. The summed E-state index contributed by atoms with van der Waals surface area (Å²) >= 11 is 0. The minimum Gasteiger partial charge on any atom is -0.462 e. The van der Waals surface area contributed by atoms with E-state index in [1.165, 1.54) is 6.42 Å². The van der Waals surface area contributed by atoms with Crippen LogP contribution in [0.25, 0.3) is 0 Å². The van der Waals surface area contributed by atoms with Crippen molar-refractivity contribution >= 4 is 17.6 Å². The zero-order chi connectivity index (χ0) is 27.2. The normalized spacial score (nSPS) is 32.8. The molecule has 37 heavy (non-hydrogen) atoms. The first-order chi connectivity index (χ1) is 17.2. The molecule has 0 aliphatic heterocycles. The van der Waals surface area contributed by atoms with E-state index >= 15 is 0 Å². The van der Waals surface area contributed by atoms with Crippen molar-refractivity contribution in [2.24, 2.45) is 33.5 Å². The number of rotatable bonds is 9. The summed E-state index contributed by atoms with van der Waals surface area (Å²) in [6.45, 7) is 19.2. The van der Waals surface area contributed by atoms with Gasteiger partial charge >= 0.3 is 11.9 Å².